The summed E-state index contributed by atoms with van der Waals surface area (Å²) in [7, 11) is 0. The fourth-order valence-electron chi connectivity index (χ4n) is 4.37. The number of piperidine rings is 1. The van der Waals surface area contributed by atoms with E-state index in [9.17, 15) is 0 Å². The predicted molar refractivity (Wildman–Crippen MR) is 109 cm³/mol. The largest absolute Gasteiger partial charge is 0.385 e. The van der Waals surface area contributed by atoms with E-state index in [-0.39, 0.29) is 6.10 Å². The number of ether oxygens (including phenoxy) is 1. The molecule has 0 aliphatic carbocycles. The summed E-state index contributed by atoms with van der Waals surface area (Å²) in [6, 6.07) is 9.21. The molecule has 3 aliphatic rings. The Bertz CT molecular complexity index is 712. The molecule has 2 fully saturated rings. The van der Waals surface area contributed by atoms with Gasteiger partial charge in [0.15, 0.2) is 0 Å². The highest BCUT2D eigenvalue weighted by Crippen LogP contribution is 2.26. The first-order valence-corrected chi connectivity index (χ1v) is 10.2. The van der Waals surface area contributed by atoms with Crippen LogP contribution in [0.5, 0.6) is 0 Å². The highest BCUT2D eigenvalue weighted by molar-refractivity contribution is 6.30. The van der Waals surface area contributed by atoms with Gasteiger partial charge in [-0.15, -0.1) is 10.2 Å². The average Bonchev–Trinajstić information content (AvgIpc) is 3.11. The summed E-state index contributed by atoms with van der Waals surface area (Å²) in [5.41, 5.74) is 7.09. The molecule has 0 aromatic heterocycles. The Morgan fingerprint density at radius 2 is 1.93 bits per heavy atom. The van der Waals surface area contributed by atoms with Crippen molar-refractivity contribution >= 4 is 23.3 Å². The molecule has 6 nitrogen and oxygen atoms in total. The summed E-state index contributed by atoms with van der Waals surface area (Å²) in [5, 5.41) is 9.00. The Balaban J connectivity index is 1.38. The number of morpholine rings is 1. The monoisotopic (exact) mass is 389 g/mol. The predicted octanol–water partition coefficient (Wildman–Crippen LogP) is 2.51. The van der Waals surface area contributed by atoms with Crippen molar-refractivity contribution in [3.05, 3.63) is 34.9 Å². The third kappa shape index (κ3) is 4.45. The number of nitrogens with zero attached hydrogens (tertiary/aromatic N) is 4. The van der Waals surface area contributed by atoms with Crippen molar-refractivity contribution < 1.29 is 4.74 Å². The Kier molecular flexibility index (Phi) is 5.66. The summed E-state index contributed by atoms with van der Waals surface area (Å²) in [6.07, 6.45) is 4.27. The van der Waals surface area contributed by atoms with Gasteiger partial charge in [0.2, 0.25) is 0 Å². The first-order chi connectivity index (χ1) is 13.1. The smallest absolute Gasteiger partial charge is 0.135 e. The van der Waals surface area contributed by atoms with Gasteiger partial charge in [-0.3, -0.25) is 4.90 Å². The molecule has 3 aliphatic heterocycles. The van der Waals surface area contributed by atoms with Crippen LogP contribution >= 0.6 is 11.6 Å². The van der Waals surface area contributed by atoms with E-state index in [0.29, 0.717) is 24.3 Å². The normalized spacial score (nSPS) is 27.6. The minimum atomic E-state index is 0.289. The van der Waals surface area contributed by atoms with E-state index in [1.54, 1.807) is 0 Å². The van der Waals surface area contributed by atoms with E-state index >= 15 is 0 Å². The second-order valence-corrected chi connectivity index (χ2v) is 8.26. The van der Waals surface area contributed by atoms with Crippen LogP contribution in [0.4, 0.5) is 0 Å². The molecule has 4 rings (SSSR count). The van der Waals surface area contributed by atoms with E-state index in [4.69, 9.17) is 22.1 Å². The van der Waals surface area contributed by atoms with Gasteiger partial charge in [0.25, 0.3) is 0 Å². The molecule has 1 aromatic carbocycles. The first kappa shape index (κ1) is 18.7. The van der Waals surface area contributed by atoms with Crippen LogP contribution in [0.25, 0.3) is 0 Å². The summed E-state index contributed by atoms with van der Waals surface area (Å²) >= 11 is 6.04. The van der Waals surface area contributed by atoms with Crippen molar-refractivity contribution in [2.24, 2.45) is 15.9 Å². The molecule has 0 bridgehead atoms. The van der Waals surface area contributed by atoms with Crippen LogP contribution < -0.4 is 5.73 Å². The first-order valence-electron chi connectivity index (χ1n) is 9.84. The lowest BCUT2D eigenvalue weighted by Gasteiger charge is -2.46. The maximum Gasteiger partial charge on any atom is 0.135 e. The van der Waals surface area contributed by atoms with Crippen molar-refractivity contribution in [3.8, 4) is 0 Å². The number of likely N-dealkylation sites (tertiary alicyclic amines) is 1. The fraction of sp³-hybridized carbons (Fsp3) is 0.600. The zero-order valence-corrected chi connectivity index (χ0v) is 16.6. The van der Waals surface area contributed by atoms with Gasteiger partial charge in [0, 0.05) is 36.7 Å². The van der Waals surface area contributed by atoms with Crippen molar-refractivity contribution in [1.29, 1.82) is 0 Å². The lowest BCUT2D eigenvalue weighted by Crippen LogP contribution is -2.57. The SMILES string of the molecule is C[C@@H]1CN(C2CCN(C3=NN=C(N)C3)CC2)C(Cc2ccc(Cl)cc2)CO1. The van der Waals surface area contributed by atoms with Gasteiger partial charge in [-0.1, -0.05) is 23.7 Å². The van der Waals surface area contributed by atoms with Crippen LogP contribution in [0.2, 0.25) is 5.02 Å². The average molecular weight is 390 g/mol. The number of hydrogen-bond acceptors (Lipinski definition) is 6. The molecule has 2 saturated heterocycles. The van der Waals surface area contributed by atoms with Crippen molar-refractivity contribution in [1.82, 2.24) is 9.80 Å². The van der Waals surface area contributed by atoms with E-state index in [1.807, 2.05) is 12.1 Å². The number of nitrogens with two attached hydrogens (primary N) is 1. The summed E-state index contributed by atoms with van der Waals surface area (Å²) < 4.78 is 6.00. The second-order valence-electron chi connectivity index (χ2n) is 7.83. The number of halogens is 1. The van der Waals surface area contributed by atoms with Gasteiger partial charge in [0.05, 0.1) is 19.1 Å². The molecule has 7 heteroatoms. The minimum absolute atomic E-state index is 0.289. The molecule has 0 saturated carbocycles. The lowest BCUT2D eigenvalue weighted by atomic mass is 9.96. The van der Waals surface area contributed by atoms with Crippen LogP contribution in [-0.2, 0) is 11.2 Å². The van der Waals surface area contributed by atoms with Gasteiger partial charge >= 0.3 is 0 Å². The number of amidine groups is 2. The molecule has 27 heavy (non-hydrogen) atoms. The molecule has 2 atom stereocenters. The zero-order chi connectivity index (χ0) is 18.8. The molecular formula is C20H28ClN5O. The van der Waals surface area contributed by atoms with Crippen LogP contribution in [0.15, 0.2) is 34.5 Å². The molecule has 2 N–H and O–H groups in total. The van der Waals surface area contributed by atoms with Crippen molar-refractivity contribution in [2.45, 2.75) is 50.8 Å². The molecule has 3 heterocycles. The van der Waals surface area contributed by atoms with E-state index in [1.165, 1.54) is 5.56 Å². The quantitative estimate of drug-likeness (QED) is 0.862. The van der Waals surface area contributed by atoms with Gasteiger partial charge in [-0.2, -0.15) is 0 Å². The van der Waals surface area contributed by atoms with Gasteiger partial charge in [-0.05, 0) is 43.9 Å². The topological polar surface area (TPSA) is 66.5 Å². The zero-order valence-electron chi connectivity index (χ0n) is 15.9. The van der Waals surface area contributed by atoms with Crippen LogP contribution in [-0.4, -0.2) is 65.9 Å². The summed E-state index contributed by atoms with van der Waals surface area (Å²) in [6.45, 7) is 6.01. The van der Waals surface area contributed by atoms with Crippen LogP contribution in [0.3, 0.4) is 0 Å². The van der Waals surface area contributed by atoms with Gasteiger partial charge in [-0.25, -0.2) is 0 Å². The number of hydrogen-bond donors (Lipinski definition) is 1. The van der Waals surface area contributed by atoms with E-state index in [0.717, 1.165) is 56.4 Å². The van der Waals surface area contributed by atoms with Crippen LogP contribution in [0, 0.1) is 0 Å². The standard InChI is InChI=1S/C20H28ClN5O/c1-14-12-26(18(13-27-14)10-15-2-4-16(21)5-3-15)17-6-8-25(9-7-17)20-11-19(22)23-24-20/h2-5,14,17-18H,6-13H2,1H3,(H2,22,23)/t14-,18?/m1/s1. The Morgan fingerprint density at radius 3 is 2.59 bits per heavy atom. The molecular weight excluding hydrogens is 362 g/mol. The molecule has 0 spiro atoms. The van der Waals surface area contributed by atoms with Crippen molar-refractivity contribution in [2.75, 3.05) is 26.2 Å². The van der Waals surface area contributed by atoms with Gasteiger partial charge in [0.1, 0.15) is 11.7 Å². The highest BCUT2D eigenvalue weighted by atomic mass is 35.5. The molecule has 0 amide bonds. The van der Waals surface area contributed by atoms with E-state index < -0.39 is 0 Å². The van der Waals surface area contributed by atoms with Crippen molar-refractivity contribution in [3.63, 3.8) is 0 Å². The molecule has 0 radical (unpaired) electrons. The minimum Gasteiger partial charge on any atom is -0.385 e. The third-order valence-electron chi connectivity index (χ3n) is 5.83. The molecule has 1 aromatic rings. The third-order valence-corrected chi connectivity index (χ3v) is 6.08. The van der Waals surface area contributed by atoms with E-state index in [2.05, 4.69) is 39.1 Å². The Morgan fingerprint density at radius 1 is 1.19 bits per heavy atom. The fourth-order valence-corrected chi connectivity index (χ4v) is 4.50. The summed E-state index contributed by atoms with van der Waals surface area (Å²) in [5.74, 6) is 1.65. The molecule has 1 unspecified atom stereocenters. The highest BCUT2D eigenvalue weighted by Gasteiger charge is 2.35. The number of rotatable bonds is 3. The number of benzene rings is 1. The van der Waals surface area contributed by atoms with Gasteiger partial charge < -0.3 is 15.4 Å². The Hall–Kier alpha value is -1.63. The maximum absolute atomic E-state index is 6.04. The second kappa shape index (κ2) is 8.17. The Labute approximate surface area is 166 Å². The maximum atomic E-state index is 6.04. The molecule has 146 valence electrons. The summed E-state index contributed by atoms with van der Waals surface area (Å²) in [4.78, 5) is 5.03. The lowest BCUT2D eigenvalue weighted by molar-refractivity contribution is -0.0777. The van der Waals surface area contributed by atoms with Crippen LogP contribution in [0.1, 0.15) is 31.7 Å².